The number of carbonyl (C=O) groups excluding carboxylic acids is 1. The summed E-state index contributed by atoms with van der Waals surface area (Å²) in [6.45, 7) is 0.970. The molecule has 0 aliphatic rings. The smallest absolute Gasteiger partial charge is 0.233 e. The van der Waals surface area contributed by atoms with Gasteiger partial charge in [0.05, 0.1) is 6.54 Å². The molecule has 3 N–H and O–H groups in total. The van der Waals surface area contributed by atoms with Crippen LogP contribution in [-0.2, 0) is 11.3 Å². The van der Waals surface area contributed by atoms with Crippen LogP contribution in [0.4, 0.5) is 5.82 Å². The number of aromatic nitrogens is 1. The second-order valence-corrected chi connectivity index (χ2v) is 3.39. The first-order chi connectivity index (χ1) is 7.13. The molecule has 5 heteroatoms. The molecule has 5 nitrogen and oxygen atoms in total. The highest BCUT2D eigenvalue weighted by atomic mass is 16.1. The molecule has 0 saturated heterocycles. The maximum atomic E-state index is 11.1. The zero-order valence-electron chi connectivity index (χ0n) is 9.03. The Morgan fingerprint density at radius 3 is 3.00 bits per heavy atom. The molecule has 1 heterocycles. The molecule has 0 saturated carbocycles. The Hall–Kier alpha value is -1.62. The number of nitrogens with two attached hydrogens (primary N) is 1. The maximum Gasteiger partial charge on any atom is 0.233 e. The van der Waals surface area contributed by atoms with E-state index in [4.69, 9.17) is 5.73 Å². The van der Waals surface area contributed by atoms with Gasteiger partial charge in [-0.2, -0.15) is 0 Å². The number of anilines is 1. The summed E-state index contributed by atoms with van der Waals surface area (Å²) >= 11 is 0. The fraction of sp³-hybridized carbons (Fsp3) is 0.400. The molecule has 0 unspecified atom stereocenters. The number of rotatable bonds is 4. The molecule has 1 amide bonds. The van der Waals surface area contributed by atoms with Gasteiger partial charge in [0.2, 0.25) is 5.91 Å². The van der Waals surface area contributed by atoms with E-state index in [1.165, 1.54) is 0 Å². The van der Waals surface area contributed by atoms with E-state index in [9.17, 15) is 4.79 Å². The zero-order valence-corrected chi connectivity index (χ0v) is 9.03. The van der Waals surface area contributed by atoms with Crippen LogP contribution < -0.4 is 11.1 Å². The third kappa shape index (κ3) is 3.55. The van der Waals surface area contributed by atoms with E-state index in [1.54, 1.807) is 13.2 Å². The van der Waals surface area contributed by atoms with Crippen molar-refractivity contribution in [3.63, 3.8) is 0 Å². The minimum atomic E-state index is -0.0139. The van der Waals surface area contributed by atoms with Gasteiger partial charge in [0.15, 0.2) is 0 Å². The molecule has 82 valence electrons. The topological polar surface area (TPSA) is 71.2 Å². The summed E-state index contributed by atoms with van der Waals surface area (Å²) in [6, 6.07) is 3.74. The van der Waals surface area contributed by atoms with Crippen LogP contribution in [-0.4, -0.2) is 36.4 Å². The lowest BCUT2D eigenvalue weighted by Gasteiger charge is -2.16. The number of pyridine rings is 1. The molecule has 0 fully saturated rings. The van der Waals surface area contributed by atoms with Gasteiger partial charge < -0.3 is 11.1 Å². The van der Waals surface area contributed by atoms with Gasteiger partial charge in [-0.25, -0.2) is 4.98 Å². The van der Waals surface area contributed by atoms with E-state index in [1.807, 2.05) is 24.1 Å². The fourth-order valence-electron chi connectivity index (χ4n) is 1.26. The highest BCUT2D eigenvalue weighted by Crippen LogP contribution is 2.08. The van der Waals surface area contributed by atoms with Gasteiger partial charge in [-0.15, -0.1) is 0 Å². The van der Waals surface area contributed by atoms with Crippen molar-refractivity contribution in [1.29, 1.82) is 0 Å². The second kappa shape index (κ2) is 5.31. The minimum Gasteiger partial charge on any atom is -0.383 e. The Labute approximate surface area is 89.3 Å². The SMILES string of the molecule is CNC(=O)CN(C)Cc1cccnc1N. The lowest BCUT2D eigenvalue weighted by atomic mass is 10.2. The first kappa shape index (κ1) is 11.5. The molecule has 0 atom stereocenters. The number of hydrogen-bond donors (Lipinski definition) is 2. The largest absolute Gasteiger partial charge is 0.383 e. The van der Waals surface area contributed by atoms with Crippen molar-refractivity contribution in [3.8, 4) is 0 Å². The lowest BCUT2D eigenvalue weighted by Crippen LogP contribution is -2.32. The third-order valence-corrected chi connectivity index (χ3v) is 2.06. The molecule has 0 bridgehead atoms. The van der Waals surface area contributed by atoms with Crippen LogP contribution in [0.2, 0.25) is 0 Å². The van der Waals surface area contributed by atoms with Crippen LogP contribution in [0.5, 0.6) is 0 Å². The summed E-state index contributed by atoms with van der Waals surface area (Å²) in [7, 11) is 3.48. The van der Waals surface area contributed by atoms with Gasteiger partial charge >= 0.3 is 0 Å². The summed E-state index contributed by atoms with van der Waals surface area (Å²) in [5.74, 6) is 0.501. The summed E-state index contributed by atoms with van der Waals surface area (Å²) < 4.78 is 0. The molecule has 1 rings (SSSR count). The quantitative estimate of drug-likeness (QED) is 0.721. The van der Waals surface area contributed by atoms with Crippen molar-refractivity contribution in [3.05, 3.63) is 23.9 Å². The Morgan fingerprint density at radius 2 is 2.40 bits per heavy atom. The van der Waals surface area contributed by atoms with Crippen molar-refractivity contribution in [2.75, 3.05) is 26.4 Å². The Kier molecular flexibility index (Phi) is 4.05. The molecule has 0 radical (unpaired) electrons. The van der Waals surface area contributed by atoms with Crippen molar-refractivity contribution in [1.82, 2.24) is 15.2 Å². The van der Waals surface area contributed by atoms with E-state index in [0.717, 1.165) is 5.56 Å². The summed E-state index contributed by atoms with van der Waals surface area (Å²) in [4.78, 5) is 17.0. The van der Waals surface area contributed by atoms with Crippen LogP contribution >= 0.6 is 0 Å². The predicted octanol–water partition coefficient (Wildman–Crippen LogP) is -0.158. The summed E-state index contributed by atoms with van der Waals surface area (Å²) in [5.41, 5.74) is 6.63. The highest BCUT2D eigenvalue weighted by molar-refractivity contribution is 5.77. The van der Waals surface area contributed by atoms with E-state index >= 15 is 0 Å². The highest BCUT2D eigenvalue weighted by Gasteiger charge is 2.07. The van der Waals surface area contributed by atoms with Gasteiger partial charge in [-0.3, -0.25) is 9.69 Å². The van der Waals surface area contributed by atoms with Crippen molar-refractivity contribution in [2.24, 2.45) is 0 Å². The fourth-order valence-corrected chi connectivity index (χ4v) is 1.26. The summed E-state index contributed by atoms with van der Waals surface area (Å²) in [5, 5.41) is 2.57. The Bertz CT molecular complexity index is 340. The number of nitrogens with zero attached hydrogens (tertiary/aromatic N) is 2. The number of nitrogens with one attached hydrogen (secondary N) is 1. The molecular formula is C10H16N4O. The van der Waals surface area contributed by atoms with Crippen LogP contribution in [0.25, 0.3) is 0 Å². The van der Waals surface area contributed by atoms with Gasteiger partial charge in [-0.05, 0) is 13.1 Å². The number of nitrogen functional groups attached to an aromatic ring is 1. The van der Waals surface area contributed by atoms with Gasteiger partial charge in [0, 0.05) is 25.4 Å². The molecule has 0 aliphatic carbocycles. The molecule has 0 aliphatic heterocycles. The number of amides is 1. The molecule has 15 heavy (non-hydrogen) atoms. The molecule has 0 spiro atoms. The molecule has 0 aromatic carbocycles. The Balaban J connectivity index is 2.55. The molecular weight excluding hydrogens is 192 g/mol. The average molecular weight is 208 g/mol. The maximum absolute atomic E-state index is 11.1. The first-order valence-electron chi connectivity index (χ1n) is 4.72. The van der Waals surface area contributed by atoms with E-state index < -0.39 is 0 Å². The van der Waals surface area contributed by atoms with Gasteiger partial charge in [0.25, 0.3) is 0 Å². The zero-order chi connectivity index (χ0) is 11.3. The van der Waals surface area contributed by atoms with E-state index in [-0.39, 0.29) is 5.91 Å². The standard InChI is InChI=1S/C10H16N4O/c1-12-9(15)7-14(2)6-8-4-3-5-13-10(8)11/h3-5H,6-7H2,1-2H3,(H2,11,13)(H,12,15). The number of likely N-dealkylation sites (N-methyl/N-ethyl adjacent to an activating group) is 2. The molecule has 1 aromatic rings. The van der Waals surface area contributed by atoms with Crippen LogP contribution in [0.15, 0.2) is 18.3 Å². The number of hydrogen-bond acceptors (Lipinski definition) is 4. The van der Waals surface area contributed by atoms with E-state index in [2.05, 4.69) is 10.3 Å². The van der Waals surface area contributed by atoms with Gasteiger partial charge in [0.1, 0.15) is 5.82 Å². The lowest BCUT2D eigenvalue weighted by molar-refractivity contribution is -0.121. The number of carbonyl (C=O) groups is 1. The van der Waals surface area contributed by atoms with Crippen LogP contribution in [0, 0.1) is 0 Å². The minimum absolute atomic E-state index is 0.0139. The van der Waals surface area contributed by atoms with Crippen molar-refractivity contribution < 1.29 is 4.79 Å². The summed E-state index contributed by atoms with van der Waals surface area (Å²) in [6.07, 6.45) is 1.65. The third-order valence-electron chi connectivity index (χ3n) is 2.06. The van der Waals surface area contributed by atoms with Crippen molar-refractivity contribution in [2.45, 2.75) is 6.54 Å². The normalized spacial score (nSPS) is 10.3. The predicted molar refractivity (Wildman–Crippen MR) is 59.1 cm³/mol. The Morgan fingerprint density at radius 1 is 1.67 bits per heavy atom. The van der Waals surface area contributed by atoms with Crippen LogP contribution in [0.1, 0.15) is 5.56 Å². The van der Waals surface area contributed by atoms with Crippen LogP contribution in [0.3, 0.4) is 0 Å². The monoisotopic (exact) mass is 208 g/mol. The van der Waals surface area contributed by atoms with E-state index in [0.29, 0.717) is 18.9 Å². The van der Waals surface area contributed by atoms with Gasteiger partial charge in [-0.1, -0.05) is 6.07 Å². The molecule has 1 aromatic heterocycles. The first-order valence-corrected chi connectivity index (χ1v) is 4.72. The second-order valence-electron chi connectivity index (χ2n) is 3.39. The average Bonchev–Trinajstić information content (AvgIpc) is 2.21. The van der Waals surface area contributed by atoms with Crippen molar-refractivity contribution >= 4 is 11.7 Å².